The molecule has 0 saturated heterocycles. The maximum absolute atomic E-state index is 11.0. The summed E-state index contributed by atoms with van der Waals surface area (Å²) in [6.45, 7) is 1.99. The van der Waals surface area contributed by atoms with Crippen molar-refractivity contribution in [1.82, 2.24) is 5.32 Å². The average Bonchev–Trinajstić information content (AvgIpc) is 2.02. The van der Waals surface area contributed by atoms with E-state index in [1.165, 1.54) is 11.8 Å². The predicted molar refractivity (Wildman–Crippen MR) is 48.2 cm³/mol. The maximum Gasteiger partial charge on any atom is 0.305 e. The fourth-order valence-electron chi connectivity index (χ4n) is 0.543. The van der Waals surface area contributed by atoms with Crippen molar-refractivity contribution in [2.75, 3.05) is 12.8 Å². The molecule has 1 amide bonds. The number of rotatable bonds is 5. The van der Waals surface area contributed by atoms with Crippen molar-refractivity contribution in [2.45, 2.75) is 18.6 Å². The largest absolute Gasteiger partial charge is 0.481 e. The molecule has 1 unspecified atom stereocenters. The van der Waals surface area contributed by atoms with Crippen LogP contribution in [-0.4, -0.2) is 35.0 Å². The van der Waals surface area contributed by atoms with Gasteiger partial charge in [0.05, 0.1) is 11.7 Å². The number of amides is 1. The Morgan fingerprint density at radius 2 is 2.17 bits per heavy atom. The highest BCUT2D eigenvalue weighted by atomic mass is 32.2. The van der Waals surface area contributed by atoms with Gasteiger partial charge in [0.15, 0.2) is 0 Å². The first-order chi connectivity index (χ1) is 5.57. The summed E-state index contributed by atoms with van der Waals surface area (Å²) in [5.41, 5.74) is 0. The van der Waals surface area contributed by atoms with Gasteiger partial charge < -0.3 is 10.4 Å². The Hall–Kier alpha value is -0.710. The van der Waals surface area contributed by atoms with Gasteiger partial charge in [-0.15, -0.1) is 0 Å². The topological polar surface area (TPSA) is 66.4 Å². The summed E-state index contributed by atoms with van der Waals surface area (Å²) >= 11 is 1.43. The average molecular weight is 191 g/mol. The first-order valence-corrected chi connectivity index (χ1v) is 4.89. The van der Waals surface area contributed by atoms with Crippen LogP contribution in [0.15, 0.2) is 0 Å². The van der Waals surface area contributed by atoms with Crippen molar-refractivity contribution in [2.24, 2.45) is 0 Å². The van der Waals surface area contributed by atoms with Crippen LogP contribution >= 0.6 is 11.8 Å². The minimum atomic E-state index is -0.896. The first kappa shape index (κ1) is 11.3. The van der Waals surface area contributed by atoms with E-state index in [4.69, 9.17) is 5.11 Å². The van der Waals surface area contributed by atoms with E-state index < -0.39 is 5.97 Å². The van der Waals surface area contributed by atoms with Crippen LogP contribution in [-0.2, 0) is 9.59 Å². The molecule has 0 fully saturated rings. The second kappa shape index (κ2) is 5.88. The normalized spacial score (nSPS) is 12.2. The molecule has 0 aliphatic carbocycles. The molecule has 0 aromatic rings. The molecule has 0 rings (SSSR count). The van der Waals surface area contributed by atoms with E-state index in [-0.39, 0.29) is 24.1 Å². The SMILES string of the molecule is CSC(C)C(=O)NCCC(=O)O. The Labute approximate surface area is 75.7 Å². The lowest BCUT2D eigenvalue weighted by atomic mass is 10.4. The van der Waals surface area contributed by atoms with Crippen LogP contribution in [0.4, 0.5) is 0 Å². The molecule has 2 N–H and O–H groups in total. The van der Waals surface area contributed by atoms with Crippen molar-refractivity contribution in [1.29, 1.82) is 0 Å². The highest BCUT2D eigenvalue weighted by molar-refractivity contribution is 7.99. The number of aliphatic carboxylic acids is 1. The van der Waals surface area contributed by atoms with Crippen molar-refractivity contribution in [3.8, 4) is 0 Å². The van der Waals surface area contributed by atoms with Crippen LogP contribution in [0.5, 0.6) is 0 Å². The monoisotopic (exact) mass is 191 g/mol. The molecule has 0 bridgehead atoms. The second-order valence-electron chi connectivity index (χ2n) is 2.31. The van der Waals surface area contributed by atoms with Gasteiger partial charge in [0, 0.05) is 6.54 Å². The molecule has 0 aliphatic rings. The van der Waals surface area contributed by atoms with Gasteiger partial charge in [-0.3, -0.25) is 9.59 Å². The van der Waals surface area contributed by atoms with Crippen LogP contribution in [0, 0.1) is 0 Å². The van der Waals surface area contributed by atoms with Gasteiger partial charge in [-0.1, -0.05) is 0 Å². The molecule has 0 spiro atoms. The molecule has 5 heteroatoms. The van der Waals surface area contributed by atoms with Crippen LogP contribution in [0.25, 0.3) is 0 Å². The Balaban J connectivity index is 3.50. The number of nitrogens with one attached hydrogen (secondary N) is 1. The number of hydrogen-bond acceptors (Lipinski definition) is 3. The lowest BCUT2D eigenvalue weighted by Gasteiger charge is -2.07. The van der Waals surface area contributed by atoms with Gasteiger partial charge >= 0.3 is 5.97 Å². The third kappa shape index (κ3) is 5.01. The highest BCUT2D eigenvalue weighted by Gasteiger charge is 2.09. The maximum atomic E-state index is 11.0. The van der Waals surface area contributed by atoms with E-state index in [1.807, 2.05) is 6.26 Å². The highest BCUT2D eigenvalue weighted by Crippen LogP contribution is 2.03. The van der Waals surface area contributed by atoms with Gasteiger partial charge in [0.2, 0.25) is 5.91 Å². The van der Waals surface area contributed by atoms with Gasteiger partial charge in [-0.05, 0) is 13.2 Å². The lowest BCUT2D eigenvalue weighted by Crippen LogP contribution is -2.32. The summed E-state index contributed by atoms with van der Waals surface area (Å²) < 4.78 is 0. The summed E-state index contributed by atoms with van der Waals surface area (Å²) in [5.74, 6) is -1.00. The minimum absolute atomic E-state index is 0.0210. The van der Waals surface area contributed by atoms with Gasteiger partial charge in [-0.25, -0.2) is 0 Å². The van der Waals surface area contributed by atoms with Crippen LogP contribution < -0.4 is 5.32 Å². The van der Waals surface area contributed by atoms with E-state index in [0.717, 1.165) is 0 Å². The molecule has 1 atom stereocenters. The Morgan fingerprint density at radius 1 is 1.58 bits per heavy atom. The lowest BCUT2D eigenvalue weighted by molar-refractivity contribution is -0.136. The number of carboxylic acid groups (broad SMARTS) is 1. The van der Waals surface area contributed by atoms with Crippen molar-refractivity contribution in [3.05, 3.63) is 0 Å². The zero-order valence-electron chi connectivity index (χ0n) is 7.16. The molecular weight excluding hydrogens is 178 g/mol. The van der Waals surface area contributed by atoms with Crippen molar-refractivity contribution >= 4 is 23.6 Å². The Morgan fingerprint density at radius 3 is 2.58 bits per heavy atom. The van der Waals surface area contributed by atoms with Gasteiger partial charge in [-0.2, -0.15) is 11.8 Å². The molecule has 4 nitrogen and oxygen atoms in total. The summed E-state index contributed by atoms with van der Waals surface area (Å²) in [7, 11) is 0. The van der Waals surface area contributed by atoms with Crippen molar-refractivity contribution < 1.29 is 14.7 Å². The molecular formula is C7H13NO3S. The quantitative estimate of drug-likeness (QED) is 0.657. The molecule has 0 aromatic carbocycles. The number of carbonyl (C=O) groups is 2. The third-order valence-electron chi connectivity index (χ3n) is 1.36. The molecule has 0 heterocycles. The summed E-state index contributed by atoms with van der Waals surface area (Å²) in [4.78, 5) is 21.1. The molecule has 0 aromatic heterocycles. The van der Waals surface area contributed by atoms with E-state index in [9.17, 15) is 9.59 Å². The zero-order valence-corrected chi connectivity index (χ0v) is 7.98. The number of carbonyl (C=O) groups excluding carboxylic acids is 1. The summed E-state index contributed by atoms with van der Waals surface area (Å²) in [5, 5.41) is 10.7. The van der Waals surface area contributed by atoms with Gasteiger partial charge in [0.1, 0.15) is 0 Å². The zero-order chi connectivity index (χ0) is 9.56. The fourth-order valence-corrected chi connectivity index (χ4v) is 0.841. The van der Waals surface area contributed by atoms with Gasteiger partial charge in [0.25, 0.3) is 0 Å². The van der Waals surface area contributed by atoms with E-state index >= 15 is 0 Å². The molecule has 0 aliphatic heterocycles. The standard InChI is InChI=1S/C7H13NO3S/c1-5(12-2)7(11)8-4-3-6(9)10/h5H,3-4H2,1-2H3,(H,8,11)(H,9,10). The number of hydrogen-bond donors (Lipinski definition) is 2. The van der Waals surface area contributed by atoms with E-state index in [0.29, 0.717) is 0 Å². The van der Waals surface area contributed by atoms with Crippen molar-refractivity contribution in [3.63, 3.8) is 0 Å². The fraction of sp³-hybridized carbons (Fsp3) is 0.714. The summed E-state index contributed by atoms with van der Waals surface area (Å²) in [6.07, 6.45) is 1.81. The molecule has 0 radical (unpaired) electrons. The smallest absolute Gasteiger partial charge is 0.305 e. The predicted octanol–water partition coefficient (Wildman–Crippen LogP) is 0.329. The molecule has 70 valence electrons. The molecule has 0 saturated carbocycles. The number of thioether (sulfide) groups is 1. The summed E-state index contributed by atoms with van der Waals surface area (Å²) in [6, 6.07) is 0. The second-order valence-corrected chi connectivity index (χ2v) is 3.49. The van der Waals surface area contributed by atoms with Crippen LogP contribution in [0.3, 0.4) is 0 Å². The van der Waals surface area contributed by atoms with E-state index in [1.54, 1.807) is 6.92 Å². The van der Waals surface area contributed by atoms with Crippen LogP contribution in [0.2, 0.25) is 0 Å². The van der Waals surface area contributed by atoms with Crippen LogP contribution in [0.1, 0.15) is 13.3 Å². The Kier molecular flexibility index (Phi) is 5.53. The molecule has 12 heavy (non-hydrogen) atoms. The van der Waals surface area contributed by atoms with E-state index in [2.05, 4.69) is 5.32 Å². The Bertz CT molecular complexity index is 172. The third-order valence-corrected chi connectivity index (χ3v) is 2.28. The first-order valence-electron chi connectivity index (χ1n) is 3.60. The minimum Gasteiger partial charge on any atom is -0.481 e. The number of carboxylic acids is 1.